The quantitative estimate of drug-likeness (QED) is 0.792. The molecule has 2 N–H and O–H groups in total. The van der Waals surface area contributed by atoms with Crippen LogP contribution in [-0.4, -0.2) is 20.5 Å². The lowest BCUT2D eigenvalue weighted by molar-refractivity contribution is 0.308. The van der Waals surface area contributed by atoms with Crippen LogP contribution in [-0.2, 0) is 6.42 Å². The van der Waals surface area contributed by atoms with Gasteiger partial charge in [-0.05, 0) is 28.0 Å². The highest BCUT2D eigenvalue weighted by Gasteiger charge is 2.17. The Balaban J connectivity index is 1.86. The first-order chi connectivity index (χ1) is 9.63. The number of aromatic nitrogens is 4. The van der Waals surface area contributed by atoms with Gasteiger partial charge in [-0.25, -0.2) is 4.63 Å². The van der Waals surface area contributed by atoms with Crippen LogP contribution < -0.4 is 5.73 Å². The minimum Gasteiger partial charge on any atom is -0.379 e. The van der Waals surface area contributed by atoms with Crippen molar-refractivity contribution >= 4 is 29.0 Å². The summed E-state index contributed by atoms with van der Waals surface area (Å²) < 4.78 is 9.52. The van der Waals surface area contributed by atoms with Gasteiger partial charge >= 0.3 is 0 Å². The van der Waals surface area contributed by atoms with Gasteiger partial charge in [-0.1, -0.05) is 34.4 Å². The molecule has 0 fully saturated rings. The smallest absolute Gasteiger partial charge is 0.284 e. The molecule has 102 valence electrons. The fraction of sp³-hybridized carbons (Fsp3) is 0.0909. The molecular formula is C11H7Cl2N5O2. The molecule has 2 heterocycles. The molecule has 0 unspecified atom stereocenters. The zero-order valence-corrected chi connectivity index (χ0v) is 11.4. The maximum absolute atomic E-state index is 6.08. The van der Waals surface area contributed by atoms with Crippen molar-refractivity contribution in [2.75, 3.05) is 5.73 Å². The second-order valence-electron chi connectivity index (χ2n) is 3.93. The lowest BCUT2D eigenvalue weighted by Gasteiger charge is -2.00. The second-order valence-corrected chi connectivity index (χ2v) is 4.77. The fourth-order valence-electron chi connectivity index (χ4n) is 1.60. The summed E-state index contributed by atoms with van der Waals surface area (Å²) in [5.41, 5.74) is 6.59. The molecule has 0 radical (unpaired) electrons. The van der Waals surface area contributed by atoms with E-state index in [0.717, 1.165) is 5.56 Å². The second kappa shape index (κ2) is 5.10. The maximum Gasteiger partial charge on any atom is 0.284 e. The molecule has 0 aliphatic carbocycles. The number of halogens is 2. The predicted molar refractivity (Wildman–Crippen MR) is 71.3 cm³/mol. The Bertz CT molecular complexity index is 755. The summed E-state index contributed by atoms with van der Waals surface area (Å²) in [5.74, 6) is 0.667. The Morgan fingerprint density at radius 2 is 2.00 bits per heavy atom. The molecule has 3 aromatic rings. The van der Waals surface area contributed by atoms with E-state index in [4.69, 9.17) is 33.5 Å². The van der Waals surface area contributed by atoms with E-state index in [2.05, 4.69) is 25.1 Å². The molecule has 0 atom stereocenters. The van der Waals surface area contributed by atoms with Crippen LogP contribution in [0.2, 0.25) is 10.0 Å². The summed E-state index contributed by atoms with van der Waals surface area (Å²) in [6.07, 6.45) is 0.394. The number of benzene rings is 1. The monoisotopic (exact) mass is 311 g/mol. The molecule has 0 saturated heterocycles. The zero-order valence-electron chi connectivity index (χ0n) is 9.88. The highest BCUT2D eigenvalue weighted by Crippen LogP contribution is 2.24. The first kappa shape index (κ1) is 12.9. The third-order valence-electron chi connectivity index (χ3n) is 2.55. The highest BCUT2D eigenvalue weighted by molar-refractivity contribution is 6.35. The SMILES string of the molecule is Nc1nonc1-c1nc(Cc2ccc(Cl)cc2Cl)no1. The van der Waals surface area contributed by atoms with Gasteiger partial charge in [0, 0.05) is 16.5 Å². The topological polar surface area (TPSA) is 104 Å². The van der Waals surface area contributed by atoms with Crippen molar-refractivity contribution in [3.63, 3.8) is 0 Å². The Hall–Kier alpha value is -2.12. The van der Waals surface area contributed by atoms with E-state index in [9.17, 15) is 0 Å². The van der Waals surface area contributed by atoms with E-state index >= 15 is 0 Å². The summed E-state index contributed by atoms with van der Waals surface area (Å²) in [6.45, 7) is 0. The molecule has 9 heteroatoms. The number of nitrogens with two attached hydrogens (primary N) is 1. The first-order valence-electron chi connectivity index (χ1n) is 5.48. The molecule has 0 saturated carbocycles. The molecule has 0 amide bonds. The number of hydrogen-bond acceptors (Lipinski definition) is 7. The molecule has 7 nitrogen and oxygen atoms in total. The molecule has 1 aromatic carbocycles. The van der Waals surface area contributed by atoms with Gasteiger partial charge in [0.05, 0.1) is 0 Å². The fourth-order valence-corrected chi connectivity index (χ4v) is 2.08. The highest BCUT2D eigenvalue weighted by atomic mass is 35.5. The summed E-state index contributed by atoms with van der Waals surface area (Å²) in [4.78, 5) is 4.16. The maximum atomic E-state index is 6.08. The molecular weight excluding hydrogens is 305 g/mol. The summed E-state index contributed by atoms with van der Waals surface area (Å²) in [6, 6.07) is 5.19. The van der Waals surface area contributed by atoms with Crippen LogP contribution in [0.1, 0.15) is 11.4 Å². The van der Waals surface area contributed by atoms with Gasteiger partial charge in [-0.3, -0.25) is 0 Å². The van der Waals surface area contributed by atoms with Crippen molar-refractivity contribution in [1.29, 1.82) is 0 Å². The standard InChI is InChI=1S/C11H7Cl2N5O2/c12-6-2-1-5(7(13)4-6)3-8-15-11(19-16-8)9-10(14)18-20-17-9/h1-2,4H,3H2,(H2,14,18). The molecule has 0 spiro atoms. The van der Waals surface area contributed by atoms with Gasteiger partial charge in [0.1, 0.15) is 0 Å². The van der Waals surface area contributed by atoms with Crippen LogP contribution in [0.5, 0.6) is 0 Å². The number of nitrogens with zero attached hydrogens (tertiary/aromatic N) is 4. The van der Waals surface area contributed by atoms with Crippen LogP contribution in [0, 0.1) is 0 Å². The van der Waals surface area contributed by atoms with E-state index in [0.29, 0.717) is 22.3 Å². The van der Waals surface area contributed by atoms with Crippen molar-refractivity contribution in [2.24, 2.45) is 0 Å². The van der Waals surface area contributed by atoms with E-state index in [-0.39, 0.29) is 17.4 Å². The number of nitrogen functional groups attached to an aromatic ring is 1. The average Bonchev–Trinajstić information content (AvgIpc) is 3.01. The predicted octanol–water partition coefficient (Wildman–Crippen LogP) is 2.60. The normalized spacial score (nSPS) is 10.9. The Morgan fingerprint density at radius 1 is 1.15 bits per heavy atom. The van der Waals surface area contributed by atoms with E-state index in [1.807, 2.05) is 0 Å². The van der Waals surface area contributed by atoms with Crippen LogP contribution >= 0.6 is 23.2 Å². The molecule has 3 rings (SSSR count). The Morgan fingerprint density at radius 3 is 2.70 bits per heavy atom. The third kappa shape index (κ3) is 2.45. The van der Waals surface area contributed by atoms with Gasteiger partial charge < -0.3 is 10.3 Å². The van der Waals surface area contributed by atoms with Crippen molar-refractivity contribution in [3.05, 3.63) is 39.6 Å². The van der Waals surface area contributed by atoms with Crippen molar-refractivity contribution < 1.29 is 9.15 Å². The van der Waals surface area contributed by atoms with Crippen LogP contribution in [0.15, 0.2) is 27.4 Å². The minimum atomic E-state index is 0.0877. The molecule has 2 aromatic heterocycles. The zero-order chi connectivity index (χ0) is 14.1. The van der Waals surface area contributed by atoms with Crippen molar-refractivity contribution in [2.45, 2.75) is 6.42 Å². The van der Waals surface area contributed by atoms with E-state index < -0.39 is 0 Å². The molecule has 0 bridgehead atoms. The first-order valence-corrected chi connectivity index (χ1v) is 6.24. The van der Waals surface area contributed by atoms with Crippen molar-refractivity contribution in [3.8, 4) is 11.6 Å². The average molecular weight is 312 g/mol. The van der Waals surface area contributed by atoms with Gasteiger partial charge in [0.15, 0.2) is 5.82 Å². The number of hydrogen-bond donors (Lipinski definition) is 1. The summed E-state index contributed by atoms with van der Waals surface area (Å²) >= 11 is 11.9. The third-order valence-corrected chi connectivity index (χ3v) is 3.14. The van der Waals surface area contributed by atoms with E-state index in [1.165, 1.54) is 0 Å². The lowest BCUT2D eigenvalue weighted by atomic mass is 10.1. The van der Waals surface area contributed by atoms with Gasteiger partial charge in [-0.2, -0.15) is 4.98 Å². The van der Waals surface area contributed by atoms with Gasteiger partial charge in [-0.15, -0.1) is 0 Å². The molecule has 20 heavy (non-hydrogen) atoms. The number of anilines is 1. The minimum absolute atomic E-state index is 0.0877. The van der Waals surface area contributed by atoms with Gasteiger partial charge in [0.2, 0.25) is 11.5 Å². The lowest BCUT2D eigenvalue weighted by Crippen LogP contribution is -1.93. The Kier molecular flexibility index (Phi) is 3.29. The summed E-state index contributed by atoms with van der Waals surface area (Å²) in [7, 11) is 0. The molecule has 0 aliphatic rings. The molecule has 0 aliphatic heterocycles. The Labute approximate surface area is 122 Å². The summed E-state index contributed by atoms with van der Waals surface area (Å²) in [5, 5.41) is 11.9. The van der Waals surface area contributed by atoms with Crippen LogP contribution in [0.25, 0.3) is 11.6 Å². The van der Waals surface area contributed by atoms with Crippen molar-refractivity contribution in [1.82, 2.24) is 20.5 Å². The van der Waals surface area contributed by atoms with Crippen LogP contribution in [0.4, 0.5) is 5.82 Å². The van der Waals surface area contributed by atoms with Gasteiger partial charge in [0.25, 0.3) is 5.89 Å². The largest absolute Gasteiger partial charge is 0.379 e. The van der Waals surface area contributed by atoms with E-state index in [1.54, 1.807) is 18.2 Å². The van der Waals surface area contributed by atoms with Crippen LogP contribution in [0.3, 0.4) is 0 Å². The number of rotatable bonds is 3.